The van der Waals surface area contributed by atoms with Crippen LogP contribution in [0.2, 0.25) is 5.02 Å². The first-order chi connectivity index (χ1) is 14.0. The van der Waals surface area contributed by atoms with Crippen LogP contribution in [0.15, 0.2) is 54.6 Å². The molecule has 0 saturated carbocycles. The van der Waals surface area contributed by atoms with Gasteiger partial charge >= 0.3 is 0 Å². The Bertz CT molecular complexity index is 869. The van der Waals surface area contributed by atoms with Gasteiger partial charge in [0.05, 0.1) is 0 Å². The first kappa shape index (κ1) is 20.1. The Labute approximate surface area is 180 Å². The summed E-state index contributed by atoms with van der Waals surface area (Å²) >= 11 is 7.64. The summed E-state index contributed by atoms with van der Waals surface area (Å²) in [4.78, 5) is 31.6. The molecule has 2 aromatic rings. The monoisotopic (exact) mass is 429 g/mol. The fraction of sp³-hybridized carbons (Fsp3) is 0.364. The molecule has 4 rings (SSSR count). The lowest BCUT2D eigenvalue weighted by Crippen LogP contribution is -2.55. The van der Waals surface area contributed by atoms with Crippen molar-refractivity contribution in [2.24, 2.45) is 0 Å². The first-order valence-corrected chi connectivity index (χ1v) is 11.2. The Morgan fingerprint density at radius 2 is 1.62 bits per heavy atom. The quantitative estimate of drug-likeness (QED) is 0.747. The van der Waals surface area contributed by atoms with Gasteiger partial charge in [0.25, 0.3) is 0 Å². The van der Waals surface area contributed by atoms with Gasteiger partial charge in [-0.15, -0.1) is 11.8 Å². The lowest BCUT2D eigenvalue weighted by Gasteiger charge is -2.38. The van der Waals surface area contributed by atoms with E-state index in [2.05, 4.69) is 17.0 Å². The summed E-state index contributed by atoms with van der Waals surface area (Å²) in [5.74, 6) is 0.595. The molecule has 2 aromatic carbocycles. The van der Waals surface area contributed by atoms with Crippen molar-refractivity contribution in [1.82, 2.24) is 9.80 Å². The van der Waals surface area contributed by atoms with E-state index in [0.717, 1.165) is 18.7 Å². The second-order valence-corrected chi connectivity index (χ2v) is 8.88. The molecular formula is C22H24ClN3O2S. The highest BCUT2D eigenvalue weighted by atomic mass is 35.5. The molecule has 2 aliphatic rings. The van der Waals surface area contributed by atoms with Crippen LogP contribution in [0.5, 0.6) is 0 Å². The SMILES string of the molecule is CC(=O)N1[C@@H](c2ccc(Cl)cc2)SC[C@H]1C(=O)N1CCN(c2ccccc2)CC1. The number of hydrogen-bond donors (Lipinski definition) is 0. The maximum Gasteiger partial charge on any atom is 0.246 e. The smallest absolute Gasteiger partial charge is 0.246 e. The Balaban J connectivity index is 1.44. The number of rotatable bonds is 3. The van der Waals surface area contributed by atoms with E-state index in [0.29, 0.717) is 23.9 Å². The molecule has 5 nitrogen and oxygen atoms in total. The lowest BCUT2D eigenvalue weighted by molar-refractivity contribution is -0.144. The highest BCUT2D eigenvalue weighted by molar-refractivity contribution is 7.99. The number of hydrogen-bond acceptors (Lipinski definition) is 4. The molecule has 7 heteroatoms. The van der Waals surface area contributed by atoms with Crippen molar-refractivity contribution < 1.29 is 9.59 Å². The number of amides is 2. The van der Waals surface area contributed by atoms with E-state index in [4.69, 9.17) is 11.6 Å². The van der Waals surface area contributed by atoms with Gasteiger partial charge in [0.2, 0.25) is 11.8 Å². The van der Waals surface area contributed by atoms with Gasteiger partial charge in [0.1, 0.15) is 11.4 Å². The maximum absolute atomic E-state index is 13.3. The number of nitrogens with zero attached hydrogens (tertiary/aromatic N) is 3. The molecule has 0 aromatic heterocycles. The molecule has 0 spiro atoms. The summed E-state index contributed by atoms with van der Waals surface area (Å²) in [6.45, 7) is 4.49. The molecule has 2 atom stereocenters. The van der Waals surface area contributed by atoms with Crippen LogP contribution < -0.4 is 4.90 Å². The molecule has 2 saturated heterocycles. The van der Waals surface area contributed by atoms with Gasteiger partial charge in [-0.1, -0.05) is 41.9 Å². The minimum absolute atomic E-state index is 0.0527. The number of piperazine rings is 1. The molecule has 0 N–H and O–H groups in total. The maximum atomic E-state index is 13.3. The van der Waals surface area contributed by atoms with Crippen molar-refractivity contribution in [3.8, 4) is 0 Å². The van der Waals surface area contributed by atoms with E-state index in [1.165, 1.54) is 5.69 Å². The molecule has 0 unspecified atom stereocenters. The van der Waals surface area contributed by atoms with E-state index in [-0.39, 0.29) is 17.2 Å². The topological polar surface area (TPSA) is 43.9 Å². The first-order valence-electron chi connectivity index (χ1n) is 9.79. The Morgan fingerprint density at radius 3 is 2.24 bits per heavy atom. The number of benzene rings is 2. The van der Waals surface area contributed by atoms with Crippen LogP contribution in [0.25, 0.3) is 0 Å². The normalized spacial score (nSPS) is 22.1. The van der Waals surface area contributed by atoms with Crippen LogP contribution in [0.4, 0.5) is 5.69 Å². The van der Waals surface area contributed by atoms with Crippen LogP contribution in [-0.4, -0.2) is 59.6 Å². The summed E-state index contributed by atoms with van der Waals surface area (Å²) in [5.41, 5.74) is 2.18. The third kappa shape index (κ3) is 4.23. The molecule has 0 bridgehead atoms. The molecule has 0 aliphatic carbocycles. The zero-order valence-electron chi connectivity index (χ0n) is 16.3. The van der Waals surface area contributed by atoms with Gasteiger partial charge < -0.3 is 14.7 Å². The van der Waals surface area contributed by atoms with Crippen molar-refractivity contribution >= 4 is 40.9 Å². The molecule has 152 valence electrons. The van der Waals surface area contributed by atoms with Crippen molar-refractivity contribution in [3.05, 3.63) is 65.2 Å². The average Bonchev–Trinajstić information content (AvgIpc) is 3.20. The van der Waals surface area contributed by atoms with E-state index in [1.54, 1.807) is 23.6 Å². The number of carbonyl (C=O) groups excluding carboxylic acids is 2. The number of anilines is 1. The number of para-hydroxylation sites is 1. The van der Waals surface area contributed by atoms with E-state index >= 15 is 0 Å². The minimum Gasteiger partial charge on any atom is -0.368 e. The molecule has 2 fully saturated rings. The Hall–Kier alpha value is -2.18. The van der Waals surface area contributed by atoms with E-state index in [9.17, 15) is 9.59 Å². The fourth-order valence-corrected chi connectivity index (χ4v) is 5.60. The third-order valence-electron chi connectivity index (χ3n) is 5.52. The third-order valence-corrected chi connectivity index (χ3v) is 7.09. The zero-order chi connectivity index (χ0) is 20.4. The second kappa shape index (κ2) is 8.67. The molecule has 0 radical (unpaired) electrons. The van der Waals surface area contributed by atoms with E-state index in [1.807, 2.05) is 47.4 Å². The van der Waals surface area contributed by atoms with Gasteiger partial charge in [-0.3, -0.25) is 9.59 Å². The predicted octanol–water partition coefficient (Wildman–Crippen LogP) is 3.65. The number of halogens is 1. The van der Waals surface area contributed by atoms with Crippen LogP contribution in [0.3, 0.4) is 0 Å². The Kier molecular flexibility index (Phi) is 6.01. The second-order valence-electron chi connectivity index (χ2n) is 7.33. The molecule has 2 amide bonds. The van der Waals surface area contributed by atoms with Gasteiger partial charge in [0.15, 0.2) is 0 Å². The van der Waals surface area contributed by atoms with Crippen molar-refractivity contribution in [1.29, 1.82) is 0 Å². The largest absolute Gasteiger partial charge is 0.368 e. The molecular weight excluding hydrogens is 406 g/mol. The molecule has 2 aliphatic heterocycles. The standard InChI is InChI=1S/C22H24ClN3O2S/c1-16(27)26-20(15-29-22(26)17-7-9-18(23)10-8-17)21(28)25-13-11-24(12-14-25)19-5-3-2-4-6-19/h2-10,20,22H,11-15H2,1H3/t20-,22+/m0/s1. The van der Waals surface area contributed by atoms with Crippen LogP contribution in [0.1, 0.15) is 17.9 Å². The van der Waals surface area contributed by atoms with Gasteiger partial charge in [-0.25, -0.2) is 0 Å². The fourth-order valence-electron chi connectivity index (χ4n) is 4.00. The number of carbonyl (C=O) groups is 2. The zero-order valence-corrected chi connectivity index (χ0v) is 17.9. The van der Waals surface area contributed by atoms with Crippen molar-refractivity contribution in [3.63, 3.8) is 0 Å². The van der Waals surface area contributed by atoms with Crippen molar-refractivity contribution in [2.75, 3.05) is 36.8 Å². The van der Waals surface area contributed by atoms with Gasteiger partial charge in [-0.2, -0.15) is 0 Å². The summed E-state index contributed by atoms with van der Waals surface area (Å²) in [6, 6.07) is 17.4. The molecule has 29 heavy (non-hydrogen) atoms. The highest BCUT2D eigenvalue weighted by Gasteiger charge is 2.42. The summed E-state index contributed by atoms with van der Waals surface area (Å²) in [6.07, 6.45) is 0. The Morgan fingerprint density at radius 1 is 0.966 bits per heavy atom. The summed E-state index contributed by atoms with van der Waals surface area (Å²) in [7, 11) is 0. The molecule has 2 heterocycles. The summed E-state index contributed by atoms with van der Waals surface area (Å²) < 4.78 is 0. The van der Waals surface area contributed by atoms with Gasteiger partial charge in [-0.05, 0) is 29.8 Å². The predicted molar refractivity (Wildman–Crippen MR) is 118 cm³/mol. The van der Waals surface area contributed by atoms with Gasteiger partial charge in [0, 0.05) is 49.6 Å². The highest BCUT2D eigenvalue weighted by Crippen LogP contribution is 2.42. The summed E-state index contributed by atoms with van der Waals surface area (Å²) in [5, 5.41) is 0.513. The van der Waals surface area contributed by atoms with Crippen molar-refractivity contribution in [2.45, 2.75) is 18.3 Å². The average molecular weight is 430 g/mol. The van der Waals surface area contributed by atoms with Crippen LogP contribution in [-0.2, 0) is 9.59 Å². The van der Waals surface area contributed by atoms with Crippen LogP contribution in [0, 0.1) is 0 Å². The van der Waals surface area contributed by atoms with E-state index < -0.39 is 6.04 Å². The minimum atomic E-state index is -0.415. The lowest BCUT2D eigenvalue weighted by atomic mass is 10.1. The number of thioether (sulfide) groups is 1. The van der Waals surface area contributed by atoms with Crippen LogP contribution >= 0.6 is 23.4 Å².